The Kier molecular flexibility index (Phi) is 15.8. The zero-order valence-corrected chi connectivity index (χ0v) is 40.9. The maximum atomic E-state index is 14.6. The first-order valence-corrected chi connectivity index (χ1v) is 22.4. The summed E-state index contributed by atoms with van der Waals surface area (Å²) < 4.78 is 52.9. The Morgan fingerprint density at radius 1 is 0.950 bits per heavy atom. The minimum Gasteiger partial charge on any atom is -0.512 e. The Morgan fingerprint density at radius 3 is 2.05 bits per heavy atom. The van der Waals surface area contributed by atoms with Crippen molar-refractivity contribution in [2.24, 2.45) is 17.3 Å². The van der Waals surface area contributed by atoms with Crippen LogP contribution in [0.4, 0.5) is 13.2 Å². The Balaban J connectivity index is 0.000000439. The van der Waals surface area contributed by atoms with Crippen molar-refractivity contribution in [2.75, 3.05) is 0 Å². The number of allylic oxidation sites excluding steroid dienone is 2. The number of ketones is 1. The summed E-state index contributed by atoms with van der Waals surface area (Å²) in [6.45, 7) is 25.1. The van der Waals surface area contributed by atoms with Crippen molar-refractivity contribution in [3.05, 3.63) is 99.9 Å². The minimum atomic E-state index is -4.71. The molecule has 0 saturated heterocycles. The van der Waals surface area contributed by atoms with Gasteiger partial charge in [0.25, 0.3) is 0 Å². The molecule has 0 atom stereocenters. The van der Waals surface area contributed by atoms with Crippen LogP contribution in [0.2, 0.25) is 0 Å². The van der Waals surface area contributed by atoms with Crippen LogP contribution in [0.3, 0.4) is 0 Å². The number of hydrogen-bond donors (Lipinski definition) is 1. The fraction of sp³-hybridized carbons (Fsp3) is 0.500. The van der Waals surface area contributed by atoms with Crippen molar-refractivity contribution in [1.82, 2.24) is 4.98 Å². The Bertz CT molecular complexity index is 2350. The topological polar surface area (TPSA) is 50.2 Å². The molecule has 0 bridgehead atoms. The first kappa shape index (κ1) is 47.7. The molecule has 0 aliphatic heterocycles. The summed E-state index contributed by atoms with van der Waals surface area (Å²) in [4.78, 5) is 16.9. The molecular weight excluding hydrogens is 952 g/mol. The number of pyridine rings is 1. The van der Waals surface area contributed by atoms with Crippen molar-refractivity contribution in [3.63, 3.8) is 0 Å². The summed E-state index contributed by atoms with van der Waals surface area (Å²) in [6, 6.07) is 17.9. The molecule has 1 N–H and O–H groups in total. The number of aryl methyl sites for hydroxylation is 3. The first-order chi connectivity index (χ1) is 28.1. The molecule has 60 heavy (non-hydrogen) atoms. The zero-order valence-electron chi connectivity index (χ0n) is 38.7. The number of nitrogens with zero attached hydrogens (tertiary/aromatic N) is 1. The van der Waals surface area contributed by atoms with Crippen molar-refractivity contribution < 1.29 is 44.5 Å². The third-order valence-electron chi connectivity index (χ3n) is 12.7. The number of carbonyl (C=O) groups excluding carboxylic acids is 1. The molecule has 327 valence electrons. The van der Waals surface area contributed by atoms with E-state index in [9.17, 15) is 23.1 Å². The third-order valence-corrected chi connectivity index (χ3v) is 14.0. The van der Waals surface area contributed by atoms with Gasteiger partial charge < -0.3 is 5.11 Å². The van der Waals surface area contributed by atoms with Crippen LogP contribution >= 0.6 is 11.3 Å². The second-order valence-corrected chi connectivity index (χ2v) is 19.6. The number of benzene rings is 3. The van der Waals surface area contributed by atoms with Gasteiger partial charge in [-0.15, -0.1) is 40.5 Å². The molecular formula is C52H65F3IrNO2S-. The average Bonchev–Trinajstić information content (AvgIpc) is 3.49. The predicted molar refractivity (Wildman–Crippen MR) is 244 cm³/mol. The molecule has 0 spiro atoms. The second-order valence-electron chi connectivity index (χ2n) is 18.6. The standard InChI is InChI=1S/C39H41F3NS.C13H24O2.Ir/c1-22-17-27(25-13-15-38(7,8)16-14-25)18-23(2)32(22)35-24(3)33-31(39(40,41)42)21-43-34(36(33)44-35)28-19-26-11-9-10-12-29(26)30(20-28)37(4,5)6;1-5-10(6-2)12(14)9-13(15)11(7-3)8-4;/h9-12,17-18,20-21,25H,13-16H2,1-8H3;9-11,14H,5-8H2,1-4H3;/q-1;;/b;12-9-;/i21D;;. The van der Waals surface area contributed by atoms with Gasteiger partial charge in [0.2, 0.25) is 0 Å². The fourth-order valence-corrected chi connectivity index (χ4v) is 10.4. The normalized spacial score (nSPS) is 15.3. The number of halogens is 3. The number of fused-ring (bicyclic) bond motifs is 2. The van der Waals surface area contributed by atoms with Crippen molar-refractivity contribution in [1.29, 1.82) is 0 Å². The van der Waals surface area contributed by atoms with Gasteiger partial charge in [-0.2, -0.15) is 13.2 Å². The SMILES string of the molecule is CCC(CC)C(=O)/C=C(\O)C(CC)CC.[2H]c1nc(-c2[c-]c3ccccc3c(C(C)(C)C)c2)c2sc(-c3c(C)cc(C4CCC(C)(C)CC4)cc3C)c(C)c2c1C(F)(F)F.[Ir]. The maximum absolute atomic E-state index is 14.6. The minimum absolute atomic E-state index is 0. The number of hydrogen-bond acceptors (Lipinski definition) is 4. The van der Waals surface area contributed by atoms with Gasteiger partial charge in [0.15, 0.2) is 5.78 Å². The molecule has 6 rings (SSSR count). The smallest absolute Gasteiger partial charge is 0.418 e. The third kappa shape index (κ3) is 10.8. The molecule has 3 aromatic carbocycles. The first-order valence-electron chi connectivity index (χ1n) is 22.1. The van der Waals surface area contributed by atoms with Crippen molar-refractivity contribution >= 4 is 38.0 Å². The summed E-state index contributed by atoms with van der Waals surface area (Å²) in [5.41, 5.74) is 6.27. The zero-order chi connectivity index (χ0) is 44.5. The van der Waals surface area contributed by atoms with Crippen LogP contribution in [0.15, 0.2) is 60.5 Å². The van der Waals surface area contributed by atoms with Gasteiger partial charge in [-0.25, -0.2) is 0 Å². The summed E-state index contributed by atoms with van der Waals surface area (Å²) in [5.74, 6) is 1.05. The second kappa shape index (κ2) is 19.8. The van der Waals surface area contributed by atoms with E-state index in [-0.39, 0.29) is 54.3 Å². The maximum Gasteiger partial charge on any atom is 0.418 e. The monoisotopic (exact) mass is 1020 g/mol. The molecule has 2 heterocycles. The number of alkyl halides is 3. The number of aromatic nitrogens is 1. The predicted octanol–water partition coefficient (Wildman–Crippen LogP) is 16.4. The van der Waals surface area contributed by atoms with Gasteiger partial charge in [0.05, 0.1) is 12.7 Å². The van der Waals surface area contributed by atoms with Gasteiger partial charge in [-0.05, 0) is 117 Å². The van der Waals surface area contributed by atoms with E-state index in [2.05, 4.69) is 77.7 Å². The molecule has 3 nitrogen and oxygen atoms in total. The van der Waals surface area contributed by atoms with E-state index in [1.165, 1.54) is 35.8 Å². The van der Waals surface area contributed by atoms with Crippen LogP contribution in [0.1, 0.15) is 154 Å². The van der Waals surface area contributed by atoms with Crippen molar-refractivity contribution in [3.8, 4) is 21.7 Å². The van der Waals surface area contributed by atoms with E-state index in [0.717, 1.165) is 76.4 Å². The van der Waals surface area contributed by atoms with E-state index in [0.29, 0.717) is 32.9 Å². The van der Waals surface area contributed by atoms with Crippen LogP contribution in [0, 0.1) is 44.1 Å². The van der Waals surface area contributed by atoms with Crippen molar-refractivity contribution in [2.45, 2.75) is 152 Å². The fourth-order valence-electron chi connectivity index (χ4n) is 8.91. The molecule has 1 saturated carbocycles. The molecule has 0 unspecified atom stereocenters. The average molecular weight is 1020 g/mol. The molecule has 1 aliphatic rings. The van der Waals surface area contributed by atoms with Gasteiger partial charge in [-0.1, -0.05) is 104 Å². The van der Waals surface area contributed by atoms with Gasteiger partial charge in [0.1, 0.15) is 0 Å². The van der Waals surface area contributed by atoms with Crippen LogP contribution in [0.25, 0.3) is 42.6 Å². The molecule has 8 heteroatoms. The number of carbonyl (C=O) groups is 1. The molecule has 5 aromatic rings. The van der Waals surface area contributed by atoms with Gasteiger partial charge in [0, 0.05) is 64.8 Å². The molecule has 1 aliphatic carbocycles. The van der Waals surface area contributed by atoms with E-state index in [1.54, 1.807) is 6.92 Å². The summed E-state index contributed by atoms with van der Waals surface area (Å²) in [5, 5.41) is 11.8. The van der Waals surface area contributed by atoms with Crippen LogP contribution in [0.5, 0.6) is 0 Å². The van der Waals surface area contributed by atoms with E-state index in [4.69, 9.17) is 1.37 Å². The number of thiophene rings is 1. The molecule has 1 fully saturated rings. The number of aliphatic hydroxyl groups excluding tert-OH is 1. The largest absolute Gasteiger partial charge is 0.512 e. The molecule has 1 radical (unpaired) electrons. The van der Waals surface area contributed by atoms with E-state index >= 15 is 0 Å². The Labute approximate surface area is 376 Å². The molecule has 0 amide bonds. The number of rotatable bonds is 10. The van der Waals surface area contributed by atoms with Crippen LogP contribution < -0.4 is 0 Å². The van der Waals surface area contributed by atoms with E-state index in [1.807, 2.05) is 52.0 Å². The Hall–Kier alpha value is -3.32. The number of aliphatic hydroxyl groups is 1. The van der Waals surface area contributed by atoms with Gasteiger partial charge >= 0.3 is 6.18 Å². The Morgan fingerprint density at radius 2 is 1.52 bits per heavy atom. The van der Waals surface area contributed by atoms with Crippen LogP contribution in [-0.2, 0) is 36.5 Å². The van der Waals surface area contributed by atoms with E-state index < -0.39 is 17.9 Å². The van der Waals surface area contributed by atoms with Gasteiger partial charge in [-0.3, -0.25) is 9.78 Å². The summed E-state index contributed by atoms with van der Waals surface area (Å²) >= 11 is 1.36. The quantitative estimate of drug-likeness (QED) is 0.0862. The summed E-state index contributed by atoms with van der Waals surface area (Å²) in [7, 11) is 0. The summed E-state index contributed by atoms with van der Waals surface area (Å²) in [6.07, 6.45) is 4.15. The van der Waals surface area contributed by atoms with Crippen LogP contribution in [-0.4, -0.2) is 15.9 Å². The molecule has 2 aromatic heterocycles.